The minimum absolute atomic E-state index is 0.140. The van der Waals surface area contributed by atoms with Crippen molar-refractivity contribution in [2.75, 3.05) is 0 Å². The van der Waals surface area contributed by atoms with Gasteiger partial charge < -0.3 is 15.2 Å². The van der Waals surface area contributed by atoms with Gasteiger partial charge >= 0.3 is 12.1 Å². The largest absolute Gasteiger partial charge is 0.478 e. The molecule has 2 N–H and O–H groups in total. The van der Waals surface area contributed by atoms with Gasteiger partial charge in [-0.05, 0) is 51.5 Å². The number of rotatable bonds is 5. The Morgan fingerprint density at radius 1 is 1.10 bits per heavy atom. The van der Waals surface area contributed by atoms with E-state index in [9.17, 15) is 14.7 Å². The lowest BCUT2D eigenvalue weighted by atomic mass is 10.0. The number of fused-ring (bicyclic) bond motifs is 1. The molecule has 1 aliphatic heterocycles. The van der Waals surface area contributed by atoms with Crippen molar-refractivity contribution in [3.63, 3.8) is 0 Å². The van der Waals surface area contributed by atoms with Crippen LogP contribution < -0.4 is 5.32 Å². The summed E-state index contributed by atoms with van der Waals surface area (Å²) in [5.74, 6) is -1.03. The Bertz CT molecular complexity index is 947. The summed E-state index contributed by atoms with van der Waals surface area (Å²) in [4.78, 5) is 28.7. The summed E-state index contributed by atoms with van der Waals surface area (Å²) in [5.41, 5.74) is 1.77. The smallest absolute Gasteiger partial charge is 0.408 e. The van der Waals surface area contributed by atoms with E-state index in [0.29, 0.717) is 12.1 Å². The fraction of sp³-hybridized carbons (Fsp3) is 0.320. The number of para-hydroxylation sites is 1. The van der Waals surface area contributed by atoms with Crippen molar-refractivity contribution in [3.05, 3.63) is 71.9 Å². The molecule has 1 unspecified atom stereocenters. The number of ether oxygens (including phenoxy) is 1. The van der Waals surface area contributed by atoms with Crippen molar-refractivity contribution in [1.82, 2.24) is 5.32 Å². The maximum atomic E-state index is 12.4. The molecule has 0 saturated heterocycles. The molecule has 2 rings (SSSR count). The Kier molecular flexibility index (Phi) is 8.55. The zero-order chi connectivity index (χ0) is 22.9. The minimum atomic E-state index is -1.03. The number of carbonyl (C=O) groups is 2. The Hall–Kier alpha value is -3.41. The molecule has 31 heavy (non-hydrogen) atoms. The molecule has 0 saturated carbocycles. The average Bonchev–Trinajstić information content (AvgIpc) is 2.66. The van der Waals surface area contributed by atoms with Gasteiger partial charge in [0.25, 0.3) is 0 Å². The van der Waals surface area contributed by atoms with Crippen LogP contribution in [0.1, 0.15) is 46.1 Å². The summed E-state index contributed by atoms with van der Waals surface area (Å²) in [5, 5.41) is 12.3. The molecule has 1 heterocycles. The molecule has 0 aromatic heterocycles. The number of aliphatic carboxylic acids is 1. The molecular weight excluding hydrogens is 392 g/mol. The first-order valence-corrected chi connectivity index (χ1v) is 10.3. The van der Waals surface area contributed by atoms with Crippen LogP contribution >= 0.6 is 0 Å². The van der Waals surface area contributed by atoms with Crippen LogP contribution in [0.15, 0.2) is 71.3 Å². The van der Waals surface area contributed by atoms with Crippen LogP contribution in [-0.2, 0) is 9.53 Å². The molecule has 164 valence electrons. The molecule has 6 nitrogen and oxygen atoms in total. The van der Waals surface area contributed by atoms with E-state index < -0.39 is 23.7 Å². The van der Waals surface area contributed by atoms with Gasteiger partial charge in [-0.2, -0.15) is 0 Å². The van der Waals surface area contributed by atoms with Gasteiger partial charge in [0.15, 0.2) is 0 Å². The van der Waals surface area contributed by atoms with Crippen molar-refractivity contribution >= 4 is 29.5 Å². The molecule has 1 aromatic carbocycles. The molecular formula is C25H30N2O4. The molecule has 0 bridgehead atoms. The van der Waals surface area contributed by atoms with E-state index in [4.69, 9.17) is 9.73 Å². The van der Waals surface area contributed by atoms with Gasteiger partial charge in [0.2, 0.25) is 0 Å². The fourth-order valence-electron chi connectivity index (χ4n) is 2.90. The number of alkyl carbamates (subject to hydrolysis) is 1. The first-order valence-electron chi connectivity index (χ1n) is 10.3. The van der Waals surface area contributed by atoms with E-state index in [1.54, 1.807) is 24.3 Å². The van der Waals surface area contributed by atoms with E-state index in [2.05, 4.69) is 5.32 Å². The van der Waals surface area contributed by atoms with Crippen LogP contribution in [0, 0.1) is 0 Å². The molecule has 1 atom stereocenters. The lowest BCUT2D eigenvalue weighted by molar-refractivity contribution is -0.132. The number of carboxylic acid groups (broad SMARTS) is 1. The fourth-order valence-corrected chi connectivity index (χ4v) is 2.90. The molecule has 1 aromatic rings. The van der Waals surface area contributed by atoms with Crippen LogP contribution in [0.5, 0.6) is 0 Å². The highest BCUT2D eigenvalue weighted by Gasteiger charge is 2.21. The van der Waals surface area contributed by atoms with Gasteiger partial charge in [0, 0.05) is 5.56 Å². The number of nitrogens with zero attached hydrogens (tertiary/aromatic N) is 1. The van der Waals surface area contributed by atoms with Gasteiger partial charge in [-0.1, -0.05) is 55.8 Å². The summed E-state index contributed by atoms with van der Waals surface area (Å²) < 4.78 is 5.42. The van der Waals surface area contributed by atoms with Crippen LogP contribution in [0.3, 0.4) is 0 Å². The summed E-state index contributed by atoms with van der Waals surface area (Å²) in [6.45, 7) is 7.45. The molecule has 1 aliphatic rings. The second-order valence-corrected chi connectivity index (χ2v) is 8.09. The number of hydrogen-bond donors (Lipinski definition) is 2. The third kappa shape index (κ3) is 8.09. The number of carboxylic acids is 1. The zero-order valence-corrected chi connectivity index (χ0v) is 18.5. The number of nitrogens with one attached hydrogen (secondary N) is 1. The summed E-state index contributed by atoms with van der Waals surface area (Å²) in [6, 6.07) is 7.25. The highest BCUT2D eigenvalue weighted by atomic mass is 16.6. The number of hydrogen-bond acceptors (Lipinski definition) is 4. The third-order valence-corrected chi connectivity index (χ3v) is 4.26. The van der Waals surface area contributed by atoms with E-state index in [1.807, 2.05) is 58.0 Å². The number of amides is 1. The Morgan fingerprint density at radius 3 is 2.48 bits per heavy atom. The quantitative estimate of drug-likeness (QED) is 0.646. The lowest BCUT2D eigenvalue weighted by Crippen LogP contribution is -2.43. The van der Waals surface area contributed by atoms with Crippen molar-refractivity contribution < 1.29 is 19.4 Å². The van der Waals surface area contributed by atoms with Gasteiger partial charge in [0.05, 0.1) is 23.0 Å². The van der Waals surface area contributed by atoms with Crippen LogP contribution in [0.2, 0.25) is 0 Å². The van der Waals surface area contributed by atoms with E-state index in [0.717, 1.165) is 17.7 Å². The van der Waals surface area contributed by atoms with E-state index in [1.165, 1.54) is 12.2 Å². The number of aliphatic imine (C=N–C) groups is 1. The third-order valence-electron chi connectivity index (χ3n) is 4.26. The molecule has 0 aliphatic carbocycles. The maximum Gasteiger partial charge on any atom is 0.408 e. The summed E-state index contributed by atoms with van der Waals surface area (Å²) in [7, 11) is 0. The van der Waals surface area contributed by atoms with Crippen molar-refractivity contribution in [3.8, 4) is 0 Å². The Labute approximate surface area is 183 Å². The predicted octanol–water partition coefficient (Wildman–Crippen LogP) is 5.60. The van der Waals surface area contributed by atoms with E-state index in [-0.39, 0.29) is 5.57 Å². The zero-order valence-electron chi connectivity index (χ0n) is 18.5. The topological polar surface area (TPSA) is 88.0 Å². The maximum absolute atomic E-state index is 12.4. The van der Waals surface area contributed by atoms with E-state index >= 15 is 0 Å². The van der Waals surface area contributed by atoms with Crippen LogP contribution in [0.4, 0.5) is 10.5 Å². The van der Waals surface area contributed by atoms with Gasteiger partial charge in [-0.15, -0.1) is 0 Å². The number of allylic oxidation sites excluding steroid dienone is 4. The average molecular weight is 423 g/mol. The van der Waals surface area contributed by atoms with Gasteiger partial charge in [-0.3, -0.25) is 4.99 Å². The number of carbonyl (C=O) groups excluding carboxylic acids is 1. The van der Waals surface area contributed by atoms with Crippen molar-refractivity contribution in [2.45, 2.75) is 52.2 Å². The van der Waals surface area contributed by atoms with Gasteiger partial charge in [0.1, 0.15) is 5.60 Å². The van der Waals surface area contributed by atoms with Crippen LogP contribution in [-0.4, -0.2) is 34.5 Å². The van der Waals surface area contributed by atoms with Crippen LogP contribution in [0.25, 0.3) is 6.08 Å². The predicted molar refractivity (Wildman–Crippen MR) is 125 cm³/mol. The first kappa shape index (κ1) is 23.9. The highest BCUT2D eigenvalue weighted by Crippen LogP contribution is 2.22. The second kappa shape index (κ2) is 11.1. The Morgan fingerprint density at radius 2 is 1.81 bits per heavy atom. The Balaban J connectivity index is 2.52. The van der Waals surface area contributed by atoms with Crippen molar-refractivity contribution in [1.29, 1.82) is 0 Å². The molecule has 1 amide bonds. The lowest BCUT2D eigenvalue weighted by Gasteiger charge is -2.24. The standard InChI is InChI=1S/C25H30N2O4/c1-5-11-21(27-24(30)31-25(2,3)4)22-17-10-15-19(23(28)29)14-7-6-12-18-13-8-9-16-20(18)26-22/h6-10,12-17,21H,5,11H2,1-4H3,(H,27,30)(H,28,29)/b7-6?,12-6-,14-7-,15-10?,17-10?,18-12?,19-14?,19-15-,22-17?,26-20?,26-22?. The molecule has 0 spiro atoms. The van der Waals surface area contributed by atoms with Crippen molar-refractivity contribution in [2.24, 2.45) is 4.99 Å². The monoisotopic (exact) mass is 422 g/mol. The first-order chi connectivity index (χ1) is 14.7. The normalized spacial score (nSPS) is 18.7. The minimum Gasteiger partial charge on any atom is -0.478 e. The molecule has 0 radical (unpaired) electrons. The summed E-state index contributed by atoms with van der Waals surface area (Å²) >= 11 is 0. The molecule has 6 heteroatoms. The number of benzene rings is 1. The van der Waals surface area contributed by atoms with Gasteiger partial charge in [-0.25, -0.2) is 9.59 Å². The second-order valence-electron chi connectivity index (χ2n) is 8.09. The SMILES string of the molecule is CCCC(NC(=O)OC(C)(C)C)C1=Nc2ccccc2\C=C/C=C\C(C(=O)O)=C\C=C1. The highest BCUT2D eigenvalue weighted by molar-refractivity contribution is 6.03. The molecule has 0 fully saturated rings. The summed E-state index contributed by atoms with van der Waals surface area (Å²) in [6.07, 6.45) is 12.7.